The van der Waals surface area contributed by atoms with E-state index >= 15 is 0 Å². The molecule has 1 rings (SSSR count). The minimum absolute atomic E-state index is 0.0493. The molecule has 0 radical (unpaired) electrons. The maximum Gasteiger partial charge on any atom is 0.373 e. The molecule has 0 bridgehead atoms. The average Bonchev–Trinajstić information content (AvgIpc) is 2.85. The minimum atomic E-state index is -0.779. The van der Waals surface area contributed by atoms with Crippen molar-refractivity contribution in [1.29, 1.82) is 0 Å². The van der Waals surface area contributed by atoms with E-state index in [2.05, 4.69) is 22.5 Å². The van der Waals surface area contributed by atoms with Crippen LogP contribution < -0.4 is 10.6 Å². The SMILES string of the molecule is C/C=C\C[C@H](O)C/C=C\NC(=O)[C@@H](NC(=O)/C=C\C#C/C(C)=C/[C@H](C)[C@@H]1CC=C(OC)C(=O)O1)C(C)(C)C. The molecule has 4 atom stereocenters. The summed E-state index contributed by atoms with van der Waals surface area (Å²) in [5.41, 5.74) is 0.241. The third-order valence-electron chi connectivity index (χ3n) is 5.71. The van der Waals surface area contributed by atoms with Crippen LogP contribution in [-0.4, -0.2) is 48.2 Å². The van der Waals surface area contributed by atoms with Crippen molar-refractivity contribution in [2.75, 3.05) is 7.11 Å². The number of methoxy groups -OCH3 is 1. The molecule has 0 aromatic heterocycles. The summed E-state index contributed by atoms with van der Waals surface area (Å²) in [4.78, 5) is 37.0. The van der Waals surface area contributed by atoms with Gasteiger partial charge in [-0.25, -0.2) is 4.79 Å². The normalized spacial score (nSPS) is 18.8. The third kappa shape index (κ3) is 12.1. The van der Waals surface area contributed by atoms with E-state index in [4.69, 9.17) is 9.47 Å². The molecule has 1 aliphatic heterocycles. The van der Waals surface area contributed by atoms with E-state index in [-0.39, 0.29) is 23.7 Å². The van der Waals surface area contributed by atoms with E-state index in [1.165, 1.54) is 25.5 Å². The summed E-state index contributed by atoms with van der Waals surface area (Å²) < 4.78 is 10.4. The summed E-state index contributed by atoms with van der Waals surface area (Å²) in [6.45, 7) is 11.2. The van der Waals surface area contributed by atoms with Crippen LogP contribution in [0.4, 0.5) is 0 Å². The van der Waals surface area contributed by atoms with Gasteiger partial charge in [-0.15, -0.1) is 0 Å². The van der Waals surface area contributed by atoms with Crippen molar-refractivity contribution in [3.05, 3.63) is 60.1 Å². The molecule has 0 spiro atoms. The van der Waals surface area contributed by atoms with Gasteiger partial charge in [0.1, 0.15) is 12.1 Å². The topological polar surface area (TPSA) is 114 Å². The van der Waals surface area contributed by atoms with Crippen LogP contribution in [0.3, 0.4) is 0 Å². The van der Waals surface area contributed by atoms with Crippen LogP contribution in [0.1, 0.15) is 60.8 Å². The number of allylic oxidation sites excluding steroid dienone is 3. The molecule has 0 saturated carbocycles. The highest BCUT2D eigenvalue weighted by atomic mass is 16.6. The number of cyclic esters (lactones) is 1. The molecule has 1 heterocycles. The van der Waals surface area contributed by atoms with Gasteiger partial charge in [0.25, 0.3) is 0 Å². The highest BCUT2D eigenvalue weighted by Crippen LogP contribution is 2.22. The lowest BCUT2D eigenvalue weighted by molar-refractivity contribution is -0.151. The monoisotopic (exact) mass is 526 g/mol. The van der Waals surface area contributed by atoms with Crippen LogP contribution in [0.15, 0.2) is 60.1 Å². The van der Waals surface area contributed by atoms with Gasteiger partial charge >= 0.3 is 5.97 Å². The average molecular weight is 527 g/mol. The third-order valence-corrected chi connectivity index (χ3v) is 5.71. The zero-order valence-electron chi connectivity index (χ0n) is 23.5. The summed E-state index contributed by atoms with van der Waals surface area (Å²) >= 11 is 0. The van der Waals surface area contributed by atoms with E-state index in [0.717, 1.165) is 5.57 Å². The van der Waals surface area contributed by atoms with Crippen LogP contribution in [0.25, 0.3) is 0 Å². The summed E-state index contributed by atoms with van der Waals surface area (Å²) in [7, 11) is 1.43. The Morgan fingerprint density at radius 2 is 1.97 bits per heavy atom. The van der Waals surface area contributed by atoms with Gasteiger partial charge in [-0.05, 0) is 56.0 Å². The quantitative estimate of drug-likeness (QED) is 0.163. The molecular formula is C30H42N2O6. The predicted molar refractivity (Wildman–Crippen MR) is 148 cm³/mol. The first-order valence-electron chi connectivity index (χ1n) is 12.8. The first-order valence-corrected chi connectivity index (χ1v) is 12.8. The van der Waals surface area contributed by atoms with Gasteiger partial charge in [0, 0.05) is 18.4 Å². The van der Waals surface area contributed by atoms with Crippen LogP contribution in [-0.2, 0) is 23.9 Å². The molecule has 208 valence electrons. The Labute approximate surface area is 226 Å². The minimum Gasteiger partial charge on any atom is -0.490 e. The lowest BCUT2D eigenvalue weighted by Crippen LogP contribution is -2.52. The molecule has 1 aliphatic rings. The maximum absolute atomic E-state index is 12.7. The molecule has 2 amide bonds. The smallest absolute Gasteiger partial charge is 0.373 e. The van der Waals surface area contributed by atoms with Crippen LogP contribution in [0.2, 0.25) is 0 Å². The number of nitrogens with one attached hydrogen (secondary N) is 2. The van der Waals surface area contributed by atoms with Gasteiger partial charge in [-0.2, -0.15) is 0 Å². The molecule has 38 heavy (non-hydrogen) atoms. The molecule has 3 N–H and O–H groups in total. The number of carbonyl (C=O) groups is 3. The van der Waals surface area contributed by atoms with Crippen molar-refractivity contribution >= 4 is 17.8 Å². The van der Waals surface area contributed by atoms with E-state index in [1.807, 2.05) is 59.8 Å². The van der Waals surface area contributed by atoms with Crippen molar-refractivity contribution in [3.8, 4) is 11.8 Å². The van der Waals surface area contributed by atoms with Crippen LogP contribution in [0.5, 0.6) is 0 Å². The fourth-order valence-corrected chi connectivity index (χ4v) is 3.56. The van der Waals surface area contributed by atoms with E-state index in [9.17, 15) is 19.5 Å². The lowest BCUT2D eigenvalue weighted by Gasteiger charge is -2.29. The molecule has 0 aromatic rings. The van der Waals surface area contributed by atoms with Gasteiger partial charge in [0.2, 0.25) is 11.8 Å². The second-order valence-electron chi connectivity index (χ2n) is 10.2. The molecular weight excluding hydrogens is 484 g/mol. The molecule has 0 fully saturated rings. The molecule has 0 unspecified atom stereocenters. The predicted octanol–water partition coefficient (Wildman–Crippen LogP) is 3.85. The number of aliphatic hydroxyl groups is 1. The standard InChI is InChI=1S/C30H42N2O6/c1-8-9-14-23(33)15-12-19-31-28(35)27(30(4,5)6)32-26(34)16-11-10-13-21(2)20-22(3)24-17-18-25(37-7)29(36)38-24/h8-9,11-12,16,18-20,22-24,27,33H,14-15,17H2,1-7H3,(H,31,35)(H,32,34)/b9-8-,16-11-,19-12-,21-20+/t22-,23-,24-,27+/m0/s1. The second-order valence-corrected chi connectivity index (χ2v) is 10.2. The van der Waals surface area contributed by atoms with E-state index < -0.39 is 29.4 Å². The van der Waals surface area contributed by atoms with Gasteiger partial charge in [-0.3, -0.25) is 9.59 Å². The Hall–Kier alpha value is -3.57. The lowest BCUT2D eigenvalue weighted by atomic mass is 9.86. The Bertz CT molecular complexity index is 1030. The fraction of sp³-hybridized carbons (Fsp3) is 0.500. The zero-order valence-corrected chi connectivity index (χ0v) is 23.5. The summed E-state index contributed by atoms with van der Waals surface area (Å²) in [6, 6.07) is -0.779. The van der Waals surface area contributed by atoms with Gasteiger partial charge in [-0.1, -0.05) is 63.8 Å². The first-order chi connectivity index (χ1) is 17.9. The Kier molecular flexibility index (Phi) is 13.9. The van der Waals surface area contributed by atoms with Gasteiger partial charge < -0.3 is 25.2 Å². The molecule has 0 aromatic carbocycles. The summed E-state index contributed by atoms with van der Waals surface area (Å²) in [5, 5.41) is 15.3. The maximum atomic E-state index is 12.7. The Morgan fingerprint density at radius 1 is 1.29 bits per heavy atom. The van der Waals surface area contributed by atoms with E-state index in [1.54, 1.807) is 12.2 Å². The number of amides is 2. The highest BCUT2D eigenvalue weighted by Gasteiger charge is 2.32. The number of aliphatic hydroxyl groups excluding tert-OH is 1. The molecule has 0 aliphatic carbocycles. The van der Waals surface area contributed by atoms with Crippen molar-refractivity contribution < 1.29 is 29.0 Å². The Balaban J connectivity index is 2.67. The van der Waals surface area contributed by atoms with Crippen molar-refractivity contribution in [2.24, 2.45) is 11.3 Å². The van der Waals surface area contributed by atoms with Crippen molar-refractivity contribution in [3.63, 3.8) is 0 Å². The number of carbonyl (C=O) groups excluding carboxylic acids is 3. The molecule has 8 nitrogen and oxygen atoms in total. The number of rotatable bonds is 11. The number of ether oxygens (including phenoxy) is 2. The van der Waals surface area contributed by atoms with Gasteiger partial charge in [0.05, 0.1) is 13.2 Å². The van der Waals surface area contributed by atoms with E-state index in [0.29, 0.717) is 19.3 Å². The number of hydrogen-bond acceptors (Lipinski definition) is 6. The summed E-state index contributed by atoms with van der Waals surface area (Å²) in [5.74, 6) is 4.67. The van der Waals surface area contributed by atoms with Gasteiger partial charge in [0.15, 0.2) is 5.76 Å². The summed E-state index contributed by atoms with van der Waals surface area (Å²) in [6.07, 6.45) is 14.0. The number of esters is 1. The fourth-order valence-electron chi connectivity index (χ4n) is 3.56. The largest absolute Gasteiger partial charge is 0.490 e. The Morgan fingerprint density at radius 3 is 2.58 bits per heavy atom. The molecule has 8 heteroatoms. The molecule has 0 saturated heterocycles. The number of hydrogen-bond donors (Lipinski definition) is 3. The van der Waals surface area contributed by atoms with Crippen molar-refractivity contribution in [2.45, 2.75) is 79.1 Å². The highest BCUT2D eigenvalue weighted by molar-refractivity contribution is 5.93. The first kappa shape index (κ1) is 32.5. The van der Waals surface area contributed by atoms with Crippen molar-refractivity contribution in [1.82, 2.24) is 10.6 Å². The van der Waals surface area contributed by atoms with Crippen LogP contribution >= 0.6 is 0 Å². The zero-order chi connectivity index (χ0) is 28.7. The van der Waals surface area contributed by atoms with Crippen LogP contribution in [0, 0.1) is 23.2 Å². The second kappa shape index (κ2) is 16.3.